The molecule has 0 bridgehead atoms. The summed E-state index contributed by atoms with van der Waals surface area (Å²) in [4.78, 5) is 0. The molecule has 0 N–H and O–H groups in total. The van der Waals surface area contributed by atoms with Gasteiger partial charge in [-0.2, -0.15) is 0 Å². The lowest BCUT2D eigenvalue weighted by Crippen LogP contribution is -2.33. The molecule has 1 fully saturated rings. The minimum Gasteiger partial charge on any atom is -0.0743 e. The van der Waals surface area contributed by atoms with E-state index >= 15 is 0 Å². The number of hydrogen-bond donors (Lipinski definition) is 0. The van der Waals surface area contributed by atoms with Crippen LogP contribution in [0.15, 0.2) is 0 Å². The van der Waals surface area contributed by atoms with Crippen LogP contribution in [0.4, 0.5) is 0 Å². The average molecular weight is 346 g/mol. The molecule has 7 atom stereocenters. The Balaban J connectivity index is 2.73. The van der Waals surface area contributed by atoms with Crippen LogP contribution in [0.2, 0.25) is 5.82 Å². The summed E-state index contributed by atoms with van der Waals surface area (Å²) in [5, 5.41) is 0. The lowest BCUT2D eigenvalue weighted by molar-refractivity contribution is 0.115. The van der Waals surface area contributed by atoms with Crippen LogP contribution < -0.4 is 0 Å². The normalized spacial score (nSPS) is 26.5. The minimum absolute atomic E-state index is 0.487. The second-order valence-electron chi connectivity index (χ2n) is 9.42. The van der Waals surface area contributed by atoms with Gasteiger partial charge in [0.15, 0.2) is 0 Å². The predicted molar refractivity (Wildman–Crippen MR) is 115 cm³/mol. The predicted octanol–water partition coefficient (Wildman–Crippen LogP) is 8.06. The van der Waals surface area contributed by atoms with Crippen molar-refractivity contribution in [2.75, 3.05) is 0 Å². The molecule has 0 heterocycles. The highest BCUT2D eigenvalue weighted by atomic mass is 14.4. The van der Waals surface area contributed by atoms with Crippen LogP contribution in [0.1, 0.15) is 112 Å². The topological polar surface area (TPSA) is 0 Å². The van der Waals surface area contributed by atoms with Gasteiger partial charge in [-0.1, -0.05) is 105 Å². The zero-order chi connectivity index (χ0) is 18.8. The van der Waals surface area contributed by atoms with Crippen molar-refractivity contribution in [3.05, 3.63) is 0 Å². The first-order chi connectivity index (χ1) is 12.0. The van der Waals surface area contributed by atoms with Crippen molar-refractivity contribution in [3.8, 4) is 0 Å². The van der Waals surface area contributed by atoms with Gasteiger partial charge < -0.3 is 0 Å². The first kappa shape index (κ1) is 23.1. The van der Waals surface area contributed by atoms with Gasteiger partial charge in [0, 0.05) is 0 Å². The zero-order valence-electron chi connectivity index (χ0n) is 18.4. The lowest BCUT2D eigenvalue weighted by Gasteiger charge is -2.43. The third kappa shape index (κ3) is 7.30. The monoisotopic (exact) mass is 346 g/mol. The van der Waals surface area contributed by atoms with Crippen LogP contribution >= 0.6 is 0 Å². The molecule has 0 saturated heterocycles. The molecule has 25 heavy (non-hydrogen) atoms. The van der Waals surface area contributed by atoms with E-state index in [0.29, 0.717) is 5.82 Å². The van der Waals surface area contributed by atoms with E-state index in [1.807, 2.05) is 0 Å². The Morgan fingerprint density at radius 3 is 2.00 bits per heavy atom. The van der Waals surface area contributed by atoms with Crippen LogP contribution in [0.25, 0.3) is 0 Å². The van der Waals surface area contributed by atoms with E-state index < -0.39 is 0 Å². The van der Waals surface area contributed by atoms with E-state index in [4.69, 9.17) is 7.85 Å². The van der Waals surface area contributed by atoms with Crippen LogP contribution in [0, 0.1) is 35.5 Å². The molecule has 0 aliphatic heterocycles. The second kappa shape index (κ2) is 12.5. The maximum Gasteiger partial charge on any atom is 0.0703 e. The molecule has 2 radical (unpaired) electrons. The fourth-order valence-electron chi connectivity index (χ4n) is 5.21. The van der Waals surface area contributed by atoms with E-state index in [1.54, 1.807) is 0 Å². The molecule has 0 nitrogen and oxygen atoms in total. The van der Waals surface area contributed by atoms with Gasteiger partial charge in [0.1, 0.15) is 0 Å². The van der Waals surface area contributed by atoms with Crippen molar-refractivity contribution in [1.29, 1.82) is 0 Å². The third-order valence-electron chi connectivity index (χ3n) is 7.68. The summed E-state index contributed by atoms with van der Waals surface area (Å²) in [5.74, 6) is 5.67. The van der Waals surface area contributed by atoms with Crippen molar-refractivity contribution < 1.29 is 0 Å². The molecule has 1 saturated carbocycles. The van der Waals surface area contributed by atoms with Crippen molar-refractivity contribution in [3.63, 3.8) is 0 Å². The summed E-state index contributed by atoms with van der Waals surface area (Å²) >= 11 is 0. The molecule has 0 amide bonds. The van der Waals surface area contributed by atoms with Crippen LogP contribution in [-0.4, -0.2) is 7.85 Å². The molecule has 1 aliphatic carbocycles. The Bertz CT molecular complexity index is 326. The fourth-order valence-corrected chi connectivity index (χ4v) is 5.21. The molecular weight excluding hydrogens is 299 g/mol. The van der Waals surface area contributed by atoms with E-state index in [2.05, 4.69) is 41.5 Å². The van der Waals surface area contributed by atoms with Gasteiger partial charge in [0.2, 0.25) is 0 Å². The van der Waals surface area contributed by atoms with Crippen molar-refractivity contribution in [2.24, 2.45) is 35.5 Å². The first-order valence-electron chi connectivity index (χ1n) is 11.7. The maximum absolute atomic E-state index is 6.29. The summed E-state index contributed by atoms with van der Waals surface area (Å²) in [6.45, 7) is 14.6. The second-order valence-corrected chi connectivity index (χ2v) is 9.42. The van der Waals surface area contributed by atoms with Crippen LogP contribution in [-0.2, 0) is 0 Å². The molecule has 0 spiro atoms. The van der Waals surface area contributed by atoms with Gasteiger partial charge in [-0.05, 0) is 48.3 Å². The third-order valence-corrected chi connectivity index (χ3v) is 7.68. The standard InChI is InChI=1S/C24H47B/c1-7-10-12-13-21(22(14-11-8-2)18(4)9-3)17-19(5)20(6)23-15-16-24(23)25/h18-24H,7-17H2,1-6H3. The summed E-state index contributed by atoms with van der Waals surface area (Å²) in [7, 11) is 6.29. The summed E-state index contributed by atoms with van der Waals surface area (Å²) in [5.41, 5.74) is 0. The van der Waals surface area contributed by atoms with Crippen molar-refractivity contribution >= 4 is 7.85 Å². The highest BCUT2D eigenvalue weighted by molar-refractivity contribution is 6.12. The Morgan fingerprint density at radius 2 is 1.52 bits per heavy atom. The molecule has 0 aromatic heterocycles. The number of rotatable bonds is 14. The SMILES string of the molecule is [B]C1CCC1C(C)C(C)CC(CCCCC)C(CCCC)C(C)CC. The summed E-state index contributed by atoms with van der Waals surface area (Å²) < 4.78 is 0. The Hall–Kier alpha value is 0.0649. The van der Waals surface area contributed by atoms with Crippen LogP contribution in [0.5, 0.6) is 0 Å². The highest BCUT2D eigenvalue weighted by Gasteiger charge is 2.35. The minimum atomic E-state index is 0.487. The van der Waals surface area contributed by atoms with Gasteiger partial charge in [0.05, 0.1) is 7.85 Å². The van der Waals surface area contributed by atoms with Crippen LogP contribution in [0.3, 0.4) is 0 Å². The average Bonchev–Trinajstić information content (AvgIpc) is 2.59. The van der Waals surface area contributed by atoms with E-state index in [9.17, 15) is 0 Å². The number of hydrogen-bond acceptors (Lipinski definition) is 0. The summed E-state index contributed by atoms with van der Waals surface area (Å²) in [6.07, 6.45) is 15.3. The lowest BCUT2D eigenvalue weighted by atomic mass is 9.56. The summed E-state index contributed by atoms with van der Waals surface area (Å²) in [6, 6.07) is 0. The Labute approximate surface area is 161 Å². The Morgan fingerprint density at radius 1 is 0.840 bits per heavy atom. The van der Waals surface area contributed by atoms with Gasteiger partial charge in [0.25, 0.3) is 0 Å². The van der Waals surface area contributed by atoms with E-state index in [1.165, 1.54) is 70.6 Å². The van der Waals surface area contributed by atoms with Gasteiger partial charge in [-0.25, -0.2) is 0 Å². The molecule has 1 rings (SSSR count). The Kier molecular flexibility index (Phi) is 11.5. The van der Waals surface area contributed by atoms with Gasteiger partial charge in [-0.3, -0.25) is 0 Å². The highest BCUT2D eigenvalue weighted by Crippen LogP contribution is 2.47. The molecular formula is C24H47B. The molecule has 1 heteroatoms. The molecule has 0 aromatic carbocycles. The quantitative estimate of drug-likeness (QED) is 0.220. The largest absolute Gasteiger partial charge is 0.0743 e. The zero-order valence-corrected chi connectivity index (χ0v) is 18.4. The molecule has 0 aromatic rings. The van der Waals surface area contributed by atoms with Gasteiger partial charge >= 0.3 is 0 Å². The van der Waals surface area contributed by atoms with Gasteiger partial charge in [-0.15, -0.1) is 0 Å². The van der Waals surface area contributed by atoms with Crippen molar-refractivity contribution in [2.45, 2.75) is 118 Å². The first-order valence-corrected chi connectivity index (χ1v) is 11.7. The van der Waals surface area contributed by atoms with E-state index in [-0.39, 0.29) is 0 Å². The maximum atomic E-state index is 6.29. The smallest absolute Gasteiger partial charge is 0.0703 e. The molecule has 1 aliphatic rings. The van der Waals surface area contributed by atoms with Crippen molar-refractivity contribution in [1.82, 2.24) is 0 Å². The molecule has 7 unspecified atom stereocenters. The molecule has 146 valence electrons. The number of unbranched alkanes of at least 4 members (excludes halogenated alkanes) is 3. The fraction of sp³-hybridized carbons (Fsp3) is 1.00. The van der Waals surface area contributed by atoms with E-state index in [0.717, 1.165) is 35.5 Å².